The SMILES string of the molecule is CCC(CO)NC(=O)c1sc2cccc(F)c2c1C. The molecule has 3 nitrogen and oxygen atoms in total. The Labute approximate surface area is 115 Å². The Kier molecular flexibility index (Phi) is 4.17. The van der Waals surface area contributed by atoms with E-state index in [2.05, 4.69) is 5.32 Å². The zero-order valence-electron chi connectivity index (χ0n) is 10.9. The number of carbonyl (C=O) groups is 1. The maximum atomic E-state index is 13.8. The van der Waals surface area contributed by atoms with E-state index in [1.165, 1.54) is 17.4 Å². The zero-order valence-corrected chi connectivity index (χ0v) is 11.7. The Morgan fingerprint density at radius 3 is 2.84 bits per heavy atom. The highest BCUT2D eigenvalue weighted by atomic mass is 32.1. The molecule has 0 aliphatic rings. The predicted molar refractivity (Wildman–Crippen MR) is 75.2 cm³/mol. The lowest BCUT2D eigenvalue weighted by atomic mass is 10.1. The molecular formula is C14H16FNO2S. The van der Waals surface area contributed by atoms with E-state index in [1.807, 2.05) is 6.92 Å². The third-order valence-corrected chi connectivity index (χ3v) is 4.41. The van der Waals surface area contributed by atoms with Crippen LogP contribution in [0.1, 0.15) is 28.6 Å². The number of benzene rings is 1. The van der Waals surface area contributed by atoms with Crippen LogP contribution in [0.4, 0.5) is 4.39 Å². The highest BCUT2D eigenvalue weighted by molar-refractivity contribution is 7.21. The summed E-state index contributed by atoms with van der Waals surface area (Å²) < 4.78 is 14.5. The monoisotopic (exact) mass is 281 g/mol. The molecule has 0 saturated heterocycles. The van der Waals surface area contributed by atoms with Gasteiger partial charge in [0.1, 0.15) is 5.82 Å². The molecule has 0 aliphatic carbocycles. The van der Waals surface area contributed by atoms with E-state index < -0.39 is 0 Å². The van der Waals surface area contributed by atoms with E-state index in [0.29, 0.717) is 22.2 Å². The molecule has 0 saturated carbocycles. The fourth-order valence-corrected chi connectivity index (χ4v) is 3.12. The first kappa shape index (κ1) is 14.0. The molecule has 2 N–H and O–H groups in total. The van der Waals surface area contributed by atoms with Crippen LogP contribution < -0.4 is 5.32 Å². The minimum Gasteiger partial charge on any atom is -0.394 e. The maximum Gasteiger partial charge on any atom is 0.261 e. The quantitative estimate of drug-likeness (QED) is 0.905. The van der Waals surface area contributed by atoms with E-state index in [-0.39, 0.29) is 24.4 Å². The first-order valence-corrected chi connectivity index (χ1v) is 6.99. The van der Waals surface area contributed by atoms with E-state index >= 15 is 0 Å². The van der Waals surface area contributed by atoms with Crippen LogP contribution in [0.2, 0.25) is 0 Å². The minimum absolute atomic E-state index is 0.0967. The number of carbonyl (C=O) groups excluding carboxylic acids is 1. The van der Waals surface area contributed by atoms with Crippen LogP contribution in [0.15, 0.2) is 18.2 Å². The Morgan fingerprint density at radius 1 is 1.53 bits per heavy atom. The number of thiophene rings is 1. The topological polar surface area (TPSA) is 49.3 Å². The molecule has 0 bridgehead atoms. The van der Waals surface area contributed by atoms with Gasteiger partial charge in [0.15, 0.2) is 0 Å². The summed E-state index contributed by atoms with van der Waals surface area (Å²) in [4.78, 5) is 12.6. The van der Waals surface area contributed by atoms with Gasteiger partial charge in [0.2, 0.25) is 0 Å². The van der Waals surface area contributed by atoms with Crippen molar-refractivity contribution in [2.24, 2.45) is 0 Å². The Bertz CT molecular complexity index is 605. The number of hydrogen-bond donors (Lipinski definition) is 2. The van der Waals surface area contributed by atoms with Gasteiger partial charge in [-0.1, -0.05) is 13.0 Å². The minimum atomic E-state index is -0.306. The number of nitrogens with one attached hydrogen (secondary N) is 1. The summed E-state index contributed by atoms with van der Waals surface area (Å²) in [6.45, 7) is 3.54. The Hall–Kier alpha value is -1.46. The summed E-state index contributed by atoms with van der Waals surface area (Å²) >= 11 is 1.28. The molecule has 1 aromatic heterocycles. The summed E-state index contributed by atoms with van der Waals surface area (Å²) in [5.74, 6) is -0.557. The average molecular weight is 281 g/mol. The third kappa shape index (κ3) is 2.62. The molecule has 2 rings (SSSR count). The molecule has 5 heteroatoms. The summed E-state index contributed by atoms with van der Waals surface area (Å²) in [5, 5.41) is 12.4. The third-order valence-electron chi connectivity index (χ3n) is 3.16. The van der Waals surface area contributed by atoms with Crippen molar-refractivity contribution in [1.29, 1.82) is 0 Å². The van der Waals surface area contributed by atoms with Crippen molar-refractivity contribution in [2.45, 2.75) is 26.3 Å². The van der Waals surface area contributed by atoms with Gasteiger partial charge in [-0.05, 0) is 31.0 Å². The van der Waals surface area contributed by atoms with Crippen LogP contribution in [0.3, 0.4) is 0 Å². The molecule has 2 aromatic rings. The Morgan fingerprint density at radius 2 is 2.26 bits per heavy atom. The maximum absolute atomic E-state index is 13.8. The van der Waals surface area contributed by atoms with Crippen LogP contribution in [0.5, 0.6) is 0 Å². The number of hydrogen-bond acceptors (Lipinski definition) is 3. The Balaban J connectivity index is 2.38. The lowest BCUT2D eigenvalue weighted by Crippen LogP contribution is -2.36. The lowest BCUT2D eigenvalue weighted by molar-refractivity contribution is 0.0918. The molecule has 1 heterocycles. The highest BCUT2D eigenvalue weighted by Gasteiger charge is 2.19. The van der Waals surface area contributed by atoms with Gasteiger partial charge >= 0.3 is 0 Å². The molecule has 0 radical (unpaired) electrons. The zero-order chi connectivity index (χ0) is 14.0. The van der Waals surface area contributed by atoms with Crippen LogP contribution >= 0.6 is 11.3 Å². The molecular weight excluding hydrogens is 265 g/mol. The fraction of sp³-hybridized carbons (Fsp3) is 0.357. The van der Waals surface area contributed by atoms with Gasteiger partial charge in [-0.2, -0.15) is 0 Å². The molecule has 0 aliphatic heterocycles. The first-order chi connectivity index (χ1) is 9.08. The van der Waals surface area contributed by atoms with Gasteiger partial charge < -0.3 is 10.4 Å². The van der Waals surface area contributed by atoms with Gasteiger partial charge in [0.25, 0.3) is 5.91 Å². The van der Waals surface area contributed by atoms with E-state index in [0.717, 1.165) is 4.70 Å². The van der Waals surface area contributed by atoms with Crippen LogP contribution in [0.25, 0.3) is 10.1 Å². The molecule has 0 fully saturated rings. The average Bonchev–Trinajstić information content (AvgIpc) is 2.74. The van der Waals surface area contributed by atoms with Gasteiger partial charge in [-0.25, -0.2) is 4.39 Å². The van der Waals surface area contributed by atoms with Crippen molar-refractivity contribution < 1.29 is 14.3 Å². The molecule has 1 amide bonds. The van der Waals surface area contributed by atoms with Crippen molar-refractivity contribution in [3.8, 4) is 0 Å². The molecule has 1 atom stereocenters. The van der Waals surface area contributed by atoms with Crippen molar-refractivity contribution in [3.63, 3.8) is 0 Å². The second kappa shape index (κ2) is 5.67. The van der Waals surface area contributed by atoms with E-state index in [9.17, 15) is 9.18 Å². The normalized spacial score (nSPS) is 12.6. The predicted octanol–water partition coefficient (Wildman–Crippen LogP) is 2.85. The number of aryl methyl sites for hydroxylation is 1. The number of aliphatic hydroxyl groups is 1. The van der Waals surface area contributed by atoms with Crippen LogP contribution in [0, 0.1) is 12.7 Å². The van der Waals surface area contributed by atoms with Crippen molar-refractivity contribution in [3.05, 3.63) is 34.5 Å². The number of halogens is 1. The number of aliphatic hydroxyl groups excluding tert-OH is 1. The van der Waals surface area contributed by atoms with E-state index in [1.54, 1.807) is 19.1 Å². The molecule has 1 unspecified atom stereocenters. The summed E-state index contributed by atoms with van der Waals surface area (Å²) in [5.41, 5.74) is 0.656. The van der Waals surface area contributed by atoms with Crippen molar-refractivity contribution in [2.75, 3.05) is 6.61 Å². The van der Waals surface area contributed by atoms with Crippen molar-refractivity contribution >= 4 is 27.3 Å². The lowest BCUT2D eigenvalue weighted by Gasteiger charge is -2.13. The van der Waals surface area contributed by atoms with Gasteiger partial charge in [-0.15, -0.1) is 11.3 Å². The van der Waals surface area contributed by atoms with Gasteiger partial charge in [0, 0.05) is 10.1 Å². The second-order valence-electron chi connectivity index (χ2n) is 4.43. The first-order valence-electron chi connectivity index (χ1n) is 6.17. The molecule has 19 heavy (non-hydrogen) atoms. The van der Waals surface area contributed by atoms with E-state index in [4.69, 9.17) is 5.11 Å². The standard InChI is InChI=1S/C14H16FNO2S/c1-3-9(7-17)16-14(18)13-8(2)12-10(15)5-4-6-11(12)19-13/h4-6,9,17H,3,7H2,1-2H3,(H,16,18). The number of amides is 1. The molecule has 1 aromatic carbocycles. The van der Waals surface area contributed by atoms with Crippen molar-refractivity contribution in [1.82, 2.24) is 5.32 Å². The summed E-state index contributed by atoms with van der Waals surface area (Å²) in [6.07, 6.45) is 0.653. The summed E-state index contributed by atoms with van der Waals surface area (Å²) in [6, 6.07) is 4.57. The largest absolute Gasteiger partial charge is 0.394 e. The molecule has 102 valence electrons. The number of fused-ring (bicyclic) bond motifs is 1. The van der Waals surface area contributed by atoms with Gasteiger partial charge in [0.05, 0.1) is 17.5 Å². The van der Waals surface area contributed by atoms with Crippen LogP contribution in [-0.2, 0) is 0 Å². The van der Waals surface area contributed by atoms with Crippen LogP contribution in [-0.4, -0.2) is 23.7 Å². The second-order valence-corrected chi connectivity index (χ2v) is 5.48. The highest BCUT2D eigenvalue weighted by Crippen LogP contribution is 2.32. The molecule has 0 spiro atoms. The summed E-state index contributed by atoms with van der Waals surface area (Å²) in [7, 11) is 0. The fourth-order valence-electron chi connectivity index (χ4n) is 2.00. The smallest absolute Gasteiger partial charge is 0.261 e. The number of rotatable bonds is 4. The van der Waals surface area contributed by atoms with Gasteiger partial charge in [-0.3, -0.25) is 4.79 Å².